The molecule has 0 unspecified atom stereocenters. The second kappa shape index (κ2) is 10.6. The molecule has 0 saturated carbocycles. The van der Waals surface area contributed by atoms with Gasteiger partial charge in [-0.15, -0.1) is 0 Å². The molecule has 1 aromatic carbocycles. The topological polar surface area (TPSA) is 108 Å². The van der Waals surface area contributed by atoms with Gasteiger partial charge in [0.15, 0.2) is 0 Å². The number of aromatic nitrogens is 1. The first-order valence-electron chi connectivity index (χ1n) is 10.5. The zero-order chi connectivity index (χ0) is 23.1. The Labute approximate surface area is 188 Å². The largest absolute Gasteiger partial charge is 0.481 e. The van der Waals surface area contributed by atoms with Crippen LogP contribution < -0.4 is 10.5 Å². The molecule has 8 nitrogen and oxygen atoms in total. The number of carbonyl (C=O) groups is 1. The van der Waals surface area contributed by atoms with Crippen LogP contribution in [0.3, 0.4) is 0 Å². The van der Waals surface area contributed by atoms with E-state index < -0.39 is 0 Å². The van der Waals surface area contributed by atoms with Gasteiger partial charge in [0.2, 0.25) is 18.2 Å². The number of methoxy groups -OCH3 is 1. The Morgan fingerprint density at radius 1 is 1.25 bits per heavy atom. The first-order chi connectivity index (χ1) is 15.5. The fourth-order valence-electron chi connectivity index (χ4n) is 3.55. The second-order valence-corrected chi connectivity index (χ2v) is 7.70. The van der Waals surface area contributed by atoms with Gasteiger partial charge in [0.05, 0.1) is 24.4 Å². The molecule has 1 fully saturated rings. The van der Waals surface area contributed by atoms with E-state index in [0.29, 0.717) is 23.1 Å². The minimum absolute atomic E-state index is 0.162. The number of rotatable bonds is 5. The van der Waals surface area contributed by atoms with E-state index in [0.717, 1.165) is 49.0 Å². The molecule has 2 aromatic rings. The van der Waals surface area contributed by atoms with Crippen molar-refractivity contribution in [3.8, 4) is 11.9 Å². The van der Waals surface area contributed by atoms with E-state index in [1.54, 1.807) is 38.6 Å². The van der Waals surface area contributed by atoms with Gasteiger partial charge in [-0.05, 0) is 49.1 Å². The van der Waals surface area contributed by atoms with Gasteiger partial charge in [0.1, 0.15) is 0 Å². The lowest BCUT2D eigenvalue weighted by atomic mass is 10.0. The van der Waals surface area contributed by atoms with Gasteiger partial charge in [-0.1, -0.05) is 12.1 Å². The number of nitriles is 1. The van der Waals surface area contributed by atoms with Crippen molar-refractivity contribution in [2.24, 2.45) is 10.7 Å². The van der Waals surface area contributed by atoms with Gasteiger partial charge in [0, 0.05) is 44.0 Å². The van der Waals surface area contributed by atoms with E-state index in [-0.39, 0.29) is 6.04 Å². The zero-order valence-electron chi connectivity index (χ0n) is 18.7. The van der Waals surface area contributed by atoms with E-state index in [4.69, 9.17) is 15.5 Å². The molecule has 8 heteroatoms. The van der Waals surface area contributed by atoms with Crippen molar-refractivity contribution in [2.75, 3.05) is 27.2 Å². The number of nitrogens with zero attached hydrogens (tertiary/aromatic N) is 5. The molecular formula is C24H28N6O2. The van der Waals surface area contributed by atoms with Gasteiger partial charge in [-0.25, -0.2) is 9.98 Å². The molecule has 2 N–H and O–H groups in total. The first-order valence-corrected chi connectivity index (χ1v) is 10.5. The lowest BCUT2D eigenvalue weighted by Crippen LogP contribution is -2.48. The summed E-state index contributed by atoms with van der Waals surface area (Å²) in [4.78, 5) is 24.5. The number of hydrogen-bond donors (Lipinski definition) is 1. The van der Waals surface area contributed by atoms with Gasteiger partial charge in [-0.3, -0.25) is 9.69 Å². The number of benzene rings is 1. The summed E-state index contributed by atoms with van der Waals surface area (Å²) >= 11 is 0. The van der Waals surface area contributed by atoms with Crippen LogP contribution in [0.1, 0.15) is 36.5 Å². The molecule has 1 amide bonds. The van der Waals surface area contributed by atoms with Crippen LogP contribution in [-0.2, 0) is 4.79 Å². The maximum atomic E-state index is 11.7. The maximum Gasteiger partial charge on any atom is 0.216 e. The quantitative estimate of drug-likeness (QED) is 0.442. The molecule has 1 saturated heterocycles. The van der Waals surface area contributed by atoms with Crippen molar-refractivity contribution in [3.63, 3.8) is 0 Å². The standard InChI is InChI=1S/C24H28N6O2/c1-17(20-8-9-22(32-3)27-15-20)23(19-6-4-18(14-25)5-7-19)28-24(29(2)16-31)30-12-10-21(26)11-13-30/h4-9,15-16,21H,10-13,26H2,1-3H3/b23-17+,28-24+. The maximum absolute atomic E-state index is 11.7. The molecule has 0 radical (unpaired) electrons. The van der Waals surface area contributed by atoms with Crippen LogP contribution in [0, 0.1) is 11.3 Å². The number of piperidine rings is 1. The molecule has 2 heterocycles. The molecule has 1 aliphatic rings. The number of guanidine groups is 1. The Kier molecular flexibility index (Phi) is 7.58. The molecular weight excluding hydrogens is 404 g/mol. The SMILES string of the molecule is COc1ccc(/C(C)=C(/N=C(\N(C)C=O)N2CCC(N)CC2)c2ccc(C#N)cc2)cn1. The number of amides is 1. The fraction of sp³-hybridized carbons (Fsp3) is 0.333. The van der Waals surface area contributed by atoms with Crippen molar-refractivity contribution >= 4 is 23.6 Å². The van der Waals surface area contributed by atoms with Crippen molar-refractivity contribution in [3.05, 3.63) is 59.3 Å². The monoisotopic (exact) mass is 432 g/mol. The van der Waals surface area contributed by atoms with Crippen molar-refractivity contribution in [2.45, 2.75) is 25.8 Å². The summed E-state index contributed by atoms with van der Waals surface area (Å²) < 4.78 is 5.17. The van der Waals surface area contributed by atoms with E-state index >= 15 is 0 Å². The van der Waals surface area contributed by atoms with Crippen LogP contribution in [0.2, 0.25) is 0 Å². The van der Waals surface area contributed by atoms with Crippen molar-refractivity contribution < 1.29 is 9.53 Å². The number of ether oxygens (including phenoxy) is 1. The summed E-state index contributed by atoms with van der Waals surface area (Å²) in [5, 5.41) is 9.17. The first kappa shape index (κ1) is 23.0. The Bertz CT molecular complexity index is 1030. The normalized spacial score (nSPS) is 15.6. The summed E-state index contributed by atoms with van der Waals surface area (Å²) in [6, 6.07) is 13.3. The Balaban J connectivity index is 2.14. The minimum atomic E-state index is 0.162. The van der Waals surface area contributed by atoms with Gasteiger partial charge < -0.3 is 15.4 Å². The third-order valence-electron chi connectivity index (χ3n) is 5.53. The fourth-order valence-corrected chi connectivity index (χ4v) is 3.55. The zero-order valence-corrected chi connectivity index (χ0v) is 18.7. The van der Waals surface area contributed by atoms with Crippen LogP contribution in [0.25, 0.3) is 11.3 Å². The highest BCUT2D eigenvalue weighted by molar-refractivity contribution is 5.98. The average molecular weight is 433 g/mol. The number of pyridine rings is 1. The number of allylic oxidation sites excluding steroid dienone is 1. The Morgan fingerprint density at radius 3 is 2.44 bits per heavy atom. The Morgan fingerprint density at radius 2 is 1.91 bits per heavy atom. The van der Waals surface area contributed by atoms with Crippen LogP contribution in [0.4, 0.5) is 0 Å². The molecule has 0 bridgehead atoms. The minimum Gasteiger partial charge on any atom is -0.481 e. The molecule has 1 aromatic heterocycles. The van der Waals surface area contributed by atoms with Crippen LogP contribution in [0.5, 0.6) is 5.88 Å². The van der Waals surface area contributed by atoms with E-state index in [2.05, 4.69) is 16.0 Å². The predicted octanol–water partition coefficient (Wildman–Crippen LogP) is 2.72. The molecule has 0 aliphatic carbocycles. The van der Waals surface area contributed by atoms with Gasteiger partial charge in [-0.2, -0.15) is 5.26 Å². The summed E-state index contributed by atoms with van der Waals surface area (Å²) in [7, 11) is 3.27. The predicted molar refractivity (Wildman–Crippen MR) is 124 cm³/mol. The van der Waals surface area contributed by atoms with Crippen molar-refractivity contribution in [1.82, 2.24) is 14.8 Å². The molecule has 32 heavy (non-hydrogen) atoms. The van der Waals surface area contributed by atoms with Crippen LogP contribution >= 0.6 is 0 Å². The summed E-state index contributed by atoms with van der Waals surface area (Å²) in [5.41, 5.74) is 9.93. The summed E-state index contributed by atoms with van der Waals surface area (Å²) in [6.45, 7) is 3.41. The number of carbonyl (C=O) groups excluding carboxylic acids is 1. The summed E-state index contributed by atoms with van der Waals surface area (Å²) in [5.74, 6) is 1.09. The summed E-state index contributed by atoms with van der Waals surface area (Å²) in [6.07, 6.45) is 4.16. The number of hydrogen-bond acceptors (Lipinski definition) is 6. The van der Waals surface area contributed by atoms with Gasteiger partial charge >= 0.3 is 0 Å². The Hall–Kier alpha value is -3.70. The molecule has 0 atom stereocenters. The van der Waals surface area contributed by atoms with Crippen LogP contribution in [0.15, 0.2) is 47.6 Å². The van der Waals surface area contributed by atoms with Crippen LogP contribution in [-0.4, -0.2) is 60.4 Å². The van der Waals surface area contributed by atoms with E-state index in [9.17, 15) is 10.1 Å². The number of likely N-dealkylation sites (tertiary alicyclic amines) is 1. The average Bonchev–Trinajstić information content (AvgIpc) is 2.85. The van der Waals surface area contributed by atoms with Crippen molar-refractivity contribution in [1.29, 1.82) is 5.26 Å². The highest BCUT2D eigenvalue weighted by atomic mass is 16.5. The second-order valence-electron chi connectivity index (χ2n) is 7.70. The molecule has 0 spiro atoms. The lowest BCUT2D eigenvalue weighted by molar-refractivity contribution is -0.114. The van der Waals surface area contributed by atoms with E-state index in [1.807, 2.05) is 25.1 Å². The smallest absolute Gasteiger partial charge is 0.216 e. The highest BCUT2D eigenvalue weighted by Crippen LogP contribution is 2.29. The highest BCUT2D eigenvalue weighted by Gasteiger charge is 2.23. The molecule has 3 rings (SSSR count). The molecule has 1 aliphatic heterocycles. The molecule has 166 valence electrons. The number of aliphatic imine (C=N–C) groups is 1. The number of nitrogens with two attached hydrogens (primary N) is 1. The van der Waals surface area contributed by atoms with Gasteiger partial charge in [0.25, 0.3) is 0 Å². The van der Waals surface area contributed by atoms with E-state index in [1.165, 1.54) is 4.90 Å². The lowest BCUT2D eigenvalue weighted by Gasteiger charge is -2.34. The third kappa shape index (κ3) is 5.31. The third-order valence-corrected chi connectivity index (χ3v) is 5.53.